The number of likely N-dealkylation sites (tertiary alicyclic amines) is 1. The van der Waals surface area contributed by atoms with Crippen LogP contribution in [0.1, 0.15) is 19.8 Å². The second kappa shape index (κ2) is 6.24. The van der Waals surface area contributed by atoms with Crippen molar-refractivity contribution in [3.05, 3.63) is 29.0 Å². The molecule has 0 spiro atoms. The summed E-state index contributed by atoms with van der Waals surface area (Å²) in [7, 11) is 0. The molecule has 3 nitrogen and oxygen atoms in total. The number of anilines is 1. The molecule has 0 aliphatic carbocycles. The number of nitrogens with one attached hydrogen (secondary N) is 1. The zero-order valence-corrected chi connectivity index (χ0v) is 11.7. The van der Waals surface area contributed by atoms with Crippen LogP contribution >= 0.6 is 11.6 Å². The standard InChI is InChI=1S/C14H18ClFN2O/c1-10-4-6-18(7-5-10)14(19)9-17-11-2-3-13(16)12(15)8-11/h2-3,8,10,17H,4-7,9H2,1H3. The average molecular weight is 285 g/mol. The molecule has 104 valence electrons. The summed E-state index contributed by atoms with van der Waals surface area (Å²) in [6, 6.07) is 4.35. The highest BCUT2D eigenvalue weighted by Gasteiger charge is 2.19. The van der Waals surface area contributed by atoms with Crippen molar-refractivity contribution in [1.82, 2.24) is 4.90 Å². The van der Waals surface area contributed by atoms with Gasteiger partial charge in [-0.05, 0) is 37.0 Å². The minimum Gasteiger partial charge on any atom is -0.376 e. The molecule has 1 N–H and O–H groups in total. The van der Waals surface area contributed by atoms with Crippen LogP contribution in [0.5, 0.6) is 0 Å². The van der Waals surface area contributed by atoms with E-state index in [0.29, 0.717) is 11.6 Å². The van der Waals surface area contributed by atoms with E-state index in [1.165, 1.54) is 12.1 Å². The van der Waals surface area contributed by atoms with E-state index >= 15 is 0 Å². The normalized spacial score (nSPS) is 16.5. The Kier molecular flexibility index (Phi) is 4.64. The topological polar surface area (TPSA) is 32.3 Å². The van der Waals surface area contributed by atoms with Gasteiger partial charge in [0.1, 0.15) is 5.82 Å². The number of halogens is 2. The fraction of sp³-hybridized carbons (Fsp3) is 0.500. The molecule has 1 saturated heterocycles. The van der Waals surface area contributed by atoms with Crippen LogP contribution in [0.3, 0.4) is 0 Å². The second-order valence-electron chi connectivity index (χ2n) is 5.05. The number of amides is 1. The van der Waals surface area contributed by atoms with E-state index in [9.17, 15) is 9.18 Å². The fourth-order valence-electron chi connectivity index (χ4n) is 2.15. The molecule has 1 aliphatic heterocycles. The number of carbonyl (C=O) groups excluding carboxylic acids is 1. The Balaban J connectivity index is 1.84. The number of rotatable bonds is 3. The number of nitrogens with zero attached hydrogens (tertiary/aromatic N) is 1. The summed E-state index contributed by atoms with van der Waals surface area (Å²) in [5.41, 5.74) is 0.658. The van der Waals surface area contributed by atoms with Crippen molar-refractivity contribution in [1.29, 1.82) is 0 Å². The fourth-order valence-corrected chi connectivity index (χ4v) is 2.33. The Morgan fingerprint density at radius 1 is 1.47 bits per heavy atom. The minimum absolute atomic E-state index is 0.0595. The summed E-state index contributed by atoms with van der Waals surface area (Å²) in [4.78, 5) is 13.9. The Bertz CT molecular complexity index is 459. The summed E-state index contributed by atoms with van der Waals surface area (Å²) in [6.07, 6.45) is 2.13. The first kappa shape index (κ1) is 14.1. The Morgan fingerprint density at radius 3 is 2.79 bits per heavy atom. The molecule has 1 fully saturated rings. The lowest BCUT2D eigenvalue weighted by atomic mass is 9.99. The van der Waals surface area contributed by atoms with Gasteiger partial charge in [0.2, 0.25) is 5.91 Å². The maximum Gasteiger partial charge on any atom is 0.241 e. The first-order valence-corrected chi connectivity index (χ1v) is 6.91. The molecule has 1 heterocycles. The molecule has 2 rings (SSSR count). The predicted molar refractivity (Wildman–Crippen MR) is 74.9 cm³/mol. The molecular weight excluding hydrogens is 267 g/mol. The van der Waals surface area contributed by atoms with Crippen molar-refractivity contribution in [2.45, 2.75) is 19.8 Å². The summed E-state index contributed by atoms with van der Waals surface area (Å²) in [5.74, 6) is 0.323. The number of hydrogen-bond donors (Lipinski definition) is 1. The molecule has 19 heavy (non-hydrogen) atoms. The van der Waals surface area contributed by atoms with E-state index in [2.05, 4.69) is 12.2 Å². The number of hydrogen-bond acceptors (Lipinski definition) is 2. The molecule has 0 bridgehead atoms. The van der Waals surface area contributed by atoms with Gasteiger partial charge in [-0.15, -0.1) is 0 Å². The molecule has 0 atom stereocenters. The van der Waals surface area contributed by atoms with Gasteiger partial charge in [-0.3, -0.25) is 4.79 Å². The maximum absolute atomic E-state index is 13.0. The molecule has 0 aromatic heterocycles. The SMILES string of the molecule is CC1CCN(C(=O)CNc2ccc(F)c(Cl)c2)CC1. The minimum atomic E-state index is -0.455. The lowest BCUT2D eigenvalue weighted by Crippen LogP contribution is -2.40. The van der Waals surface area contributed by atoms with Crippen molar-refractivity contribution < 1.29 is 9.18 Å². The zero-order chi connectivity index (χ0) is 13.8. The van der Waals surface area contributed by atoms with Crippen LogP contribution in [0, 0.1) is 11.7 Å². The van der Waals surface area contributed by atoms with Gasteiger partial charge in [0.05, 0.1) is 11.6 Å². The van der Waals surface area contributed by atoms with E-state index in [0.717, 1.165) is 25.9 Å². The third-order valence-corrected chi connectivity index (χ3v) is 3.79. The van der Waals surface area contributed by atoms with Crippen molar-refractivity contribution in [3.63, 3.8) is 0 Å². The third kappa shape index (κ3) is 3.83. The molecular formula is C14H18ClFN2O. The van der Waals surface area contributed by atoms with E-state index in [1.807, 2.05) is 4.90 Å². The van der Waals surface area contributed by atoms with Gasteiger partial charge in [0, 0.05) is 18.8 Å². The number of benzene rings is 1. The molecule has 0 unspecified atom stereocenters. The molecule has 0 radical (unpaired) electrons. The Morgan fingerprint density at radius 2 is 2.16 bits per heavy atom. The first-order valence-electron chi connectivity index (χ1n) is 6.53. The van der Waals surface area contributed by atoms with E-state index < -0.39 is 5.82 Å². The van der Waals surface area contributed by atoms with Gasteiger partial charge in [-0.25, -0.2) is 4.39 Å². The summed E-state index contributed by atoms with van der Waals surface area (Å²) in [5, 5.41) is 3.04. The van der Waals surface area contributed by atoms with E-state index in [-0.39, 0.29) is 17.5 Å². The van der Waals surface area contributed by atoms with Crippen molar-refractivity contribution in [3.8, 4) is 0 Å². The molecule has 1 aromatic rings. The molecule has 1 aliphatic rings. The summed E-state index contributed by atoms with van der Waals surface area (Å²) >= 11 is 5.68. The number of carbonyl (C=O) groups is 1. The van der Waals surface area contributed by atoms with Gasteiger partial charge >= 0.3 is 0 Å². The Hall–Kier alpha value is -1.29. The molecule has 5 heteroatoms. The van der Waals surface area contributed by atoms with Crippen LogP contribution in [0.2, 0.25) is 5.02 Å². The van der Waals surface area contributed by atoms with Gasteiger partial charge in [-0.2, -0.15) is 0 Å². The van der Waals surface area contributed by atoms with E-state index in [1.54, 1.807) is 6.07 Å². The molecule has 0 saturated carbocycles. The summed E-state index contributed by atoms with van der Waals surface area (Å²) in [6.45, 7) is 4.08. The van der Waals surface area contributed by atoms with Gasteiger partial charge in [0.15, 0.2) is 0 Å². The predicted octanol–water partition coefficient (Wildman–Crippen LogP) is 3.15. The lowest BCUT2D eigenvalue weighted by Gasteiger charge is -2.30. The first-order chi connectivity index (χ1) is 9.06. The quantitative estimate of drug-likeness (QED) is 0.925. The highest BCUT2D eigenvalue weighted by atomic mass is 35.5. The Labute approximate surface area is 117 Å². The lowest BCUT2D eigenvalue weighted by molar-refractivity contribution is -0.130. The number of piperidine rings is 1. The van der Waals surface area contributed by atoms with Crippen LogP contribution in [0.15, 0.2) is 18.2 Å². The molecule has 1 amide bonds. The average Bonchev–Trinajstić information content (AvgIpc) is 2.40. The van der Waals surface area contributed by atoms with Crippen molar-refractivity contribution >= 4 is 23.2 Å². The van der Waals surface area contributed by atoms with Crippen LogP contribution < -0.4 is 5.32 Å². The van der Waals surface area contributed by atoms with Crippen LogP contribution in [-0.4, -0.2) is 30.4 Å². The van der Waals surface area contributed by atoms with Gasteiger partial charge in [0.25, 0.3) is 0 Å². The highest BCUT2D eigenvalue weighted by molar-refractivity contribution is 6.31. The van der Waals surface area contributed by atoms with E-state index in [4.69, 9.17) is 11.6 Å². The molecule has 1 aromatic carbocycles. The van der Waals surface area contributed by atoms with Gasteiger partial charge < -0.3 is 10.2 Å². The summed E-state index contributed by atoms with van der Waals surface area (Å²) < 4.78 is 13.0. The van der Waals surface area contributed by atoms with Crippen LogP contribution in [0.25, 0.3) is 0 Å². The smallest absolute Gasteiger partial charge is 0.241 e. The monoisotopic (exact) mass is 284 g/mol. The third-order valence-electron chi connectivity index (χ3n) is 3.50. The maximum atomic E-state index is 13.0. The van der Waals surface area contributed by atoms with Crippen LogP contribution in [-0.2, 0) is 4.79 Å². The van der Waals surface area contributed by atoms with Crippen LogP contribution in [0.4, 0.5) is 10.1 Å². The van der Waals surface area contributed by atoms with Crippen molar-refractivity contribution in [2.75, 3.05) is 25.0 Å². The van der Waals surface area contributed by atoms with Crippen molar-refractivity contribution in [2.24, 2.45) is 5.92 Å². The largest absolute Gasteiger partial charge is 0.376 e. The van der Waals surface area contributed by atoms with Gasteiger partial charge in [-0.1, -0.05) is 18.5 Å². The second-order valence-corrected chi connectivity index (χ2v) is 5.45. The highest BCUT2D eigenvalue weighted by Crippen LogP contribution is 2.19. The zero-order valence-electron chi connectivity index (χ0n) is 11.0.